The summed E-state index contributed by atoms with van der Waals surface area (Å²) in [4.78, 5) is 39.7. The zero-order valence-corrected chi connectivity index (χ0v) is 11.9. The zero-order chi connectivity index (χ0) is 16.9. The number of azide groups is 1. The Morgan fingerprint density at radius 1 is 1.27 bits per heavy atom. The number of ether oxygens (including phenoxy) is 3. The van der Waals surface area contributed by atoms with Crippen molar-refractivity contribution in [1.82, 2.24) is 0 Å². The molecule has 5 atom stereocenters. The van der Waals surface area contributed by atoms with E-state index in [9.17, 15) is 19.7 Å². The van der Waals surface area contributed by atoms with Crippen molar-refractivity contribution in [3.63, 3.8) is 0 Å². The molecular weight excluding hydrogens is 304 g/mol. The van der Waals surface area contributed by atoms with Gasteiger partial charge in [0.2, 0.25) is 6.29 Å². The summed E-state index contributed by atoms with van der Waals surface area (Å²) < 4.78 is 15.2. The maximum absolute atomic E-state index is 11.2. The molecular formula is C10H14N4O8. The Morgan fingerprint density at radius 2 is 1.82 bits per heavy atom. The highest BCUT2D eigenvalue weighted by Crippen LogP contribution is 2.29. The molecule has 1 heterocycles. The Bertz CT molecular complexity index is 505. The lowest BCUT2D eigenvalue weighted by Crippen LogP contribution is -2.59. The summed E-state index contributed by atoms with van der Waals surface area (Å²) in [6.07, 6.45) is -4.89. The van der Waals surface area contributed by atoms with Gasteiger partial charge < -0.3 is 14.2 Å². The van der Waals surface area contributed by atoms with Crippen molar-refractivity contribution in [2.45, 2.75) is 51.4 Å². The van der Waals surface area contributed by atoms with Gasteiger partial charge in [0.05, 0.1) is 6.10 Å². The average Bonchev–Trinajstić information content (AvgIpc) is 2.36. The smallest absolute Gasteiger partial charge is 0.303 e. The van der Waals surface area contributed by atoms with Crippen LogP contribution in [0.25, 0.3) is 10.4 Å². The molecule has 0 aromatic carbocycles. The molecule has 0 aromatic heterocycles. The molecule has 0 amide bonds. The predicted octanol–water partition coefficient (Wildman–Crippen LogP) is 0.482. The van der Waals surface area contributed by atoms with Crippen LogP contribution in [-0.2, 0) is 28.6 Å². The summed E-state index contributed by atoms with van der Waals surface area (Å²) in [6, 6.07) is -1.40. The van der Waals surface area contributed by atoms with Gasteiger partial charge in [-0.15, -0.1) is 10.1 Å². The van der Waals surface area contributed by atoms with E-state index in [1.54, 1.807) is 0 Å². The molecule has 0 saturated carbocycles. The van der Waals surface area contributed by atoms with Crippen LogP contribution in [0.3, 0.4) is 0 Å². The van der Waals surface area contributed by atoms with Gasteiger partial charge in [0.1, 0.15) is 6.04 Å². The highest BCUT2D eigenvalue weighted by molar-refractivity contribution is 5.67. The first-order valence-corrected chi connectivity index (χ1v) is 6.11. The third-order valence-corrected chi connectivity index (χ3v) is 2.73. The molecule has 0 bridgehead atoms. The molecule has 122 valence electrons. The molecule has 1 saturated heterocycles. The van der Waals surface area contributed by atoms with Gasteiger partial charge in [-0.05, 0) is 12.5 Å². The first kappa shape index (κ1) is 17.5. The van der Waals surface area contributed by atoms with E-state index in [1.165, 1.54) is 6.92 Å². The minimum atomic E-state index is -1.60. The molecule has 0 spiro atoms. The van der Waals surface area contributed by atoms with Crippen LogP contribution >= 0.6 is 0 Å². The van der Waals surface area contributed by atoms with Crippen LogP contribution in [0, 0.1) is 10.1 Å². The van der Waals surface area contributed by atoms with Gasteiger partial charge >= 0.3 is 11.9 Å². The van der Waals surface area contributed by atoms with Crippen molar-refractivity contribution >= 4 is 11.9 Å². The second-order valence-electron chi connectivity index (χ2n) is 4.38. The predicted molar refractivity (Wildman–Crippen MR) is 66.5 cm³/mol. The Hall–Kier alpha value is -2.59. The highest BCUT2D eigenvalue weighted by Gasteiger charge is 2.49. The van der Waals surface area contributed by atoms with Gasteiger partial charge in [-0.25, -0.2) is 0 Å². The van der Waals surface area contributed by atoms with E-state index in [0.29, 0.717) is 0 Å². The van der Waals surface area contributed by atoms with Crippen molar-refractivity contribution in [2.24, 2.45) is 5.11 Å². The van der Waals surface area contributed by atoms with Crippen LogP contribution < -0.4 is 0 Å². The van der Waals surface area contributed by atoms with Crippen LogP contribution in [0.5, 0.6) is 0 Å². The van der Waals surface area contributed by atoms with Crippen LogP contribution in [0.1, 0.15) is 20.8 Å². The maximum Gasteiger partial charge on any atom is 0.303 e. The lowest BCUT2D eigenvalue weighted by Gasteiger charge is -2.41. The fraction of sp³-hybridized carbons (Fsp3) is 0.800. The normalized spacial score (nSPS) is 30.6. The van der Waals surface area contributed by atoms with Gasteiger partial charge in [-0.2, -0.15) is 0 Å². The van der Waals surface area contributed by atoms with Crippen molar-refractivity contribution in [1.29, 1.82) is 0 Å². The fourth-order valence-corrected chi connectivity index (χ4v) is 2.02. The quantitative estimate of drug-likeness (QED) is 0.176. The molecule has 0 aromatic rings. The SMILES string of the molecule is CC(=O)O[C@@H]1[C@@H](N=[N+]=[N-])[C@@H](O[N+](=O)[O-])O[C@H](C)[C@@H]1OC(C)=O. The monoisotopic (exact) mass is 318 g/mol. The third-order valence-electron chi connectivity index (χ3n) is 2.73. The molecule has 0 N–H and O–H groups in total. The summed E-state index contributed by atoms with van der Waals surface area (Å²) in [5.41, 5.74) is 8.59. The molecule has 22 heavy (non-hydrogen) atoms. The van der Waals surface area contributed by atoms with Gasteiger partial charge in [0.15, 0.2) is 12.2 Å². The lowest BCUT2D eigenvalue weighted by molar-refractivity contribution is -0.783. The topological polar surface area (TPSA) is 163 Å². The van der Waals surface area contributed by atoms with E-state index >= 15 is 0 Å². The van der Waals surface area contributed by atoms with E-state index in [2.05, 4.69) is 14.9 Å². The third kappa shape index (κ3) is 4.46. The number of carbonyl (C=O) groups excluding carboxylic acids is 2. The molecule has 1 rings (SSSR count). The minimum Gasteiger partial charge on any atom is -0.458 e. The number of hydrogen-bond acceptors (Lipinski definition) is 9. The Labute approximate surface area is 124 Å². The highest BCUT2D eigenvalue weighted by atomic mass is 17.0. The molecule has 1 aliphatic rings. The van der Waals surface area contributed by atoms with Crippen LogP contribution in [0.15, 0.2) is 5.11 Å². The summed E-state index contributed by atoms with van der Waals surface area (Å²) in [5.74, 6) is -1.44. The van der Waals surface area contributed by atoms with Crippen molar-refractivity contribution in [3.8, 4) is 0 Å². The van der Waals surface area contributed by atoms with Gasteiger partial charge in [0, 0.05) is 18.8 Å². The van der Waals surface area contributed by atoms with Crippen molar-refractivity contribution in [3.05, 3.63) is 20.6 Å². The summed E-state index contributed by atoms with van der Waals surface area (Å²) in [7, 11) is 0. The van der Waals surface area contributed by atoms with Crippen LogP contribution in [0.4, 0.5) is 0 Å². The van der Waals surface area contributed by atoms with E-state index in [4.69, 9.17) is 19.7 Å². The number of rotatable bonds is 5. The molecule has 1 fully saturated rings. The standard InChI is InChI=1S/C10H14N4O8/c1-4-8(20-5(2)15)9(21-6(3)16)7(12-13-11)10(19-4)22-14(17)18/h4,7-10H,1-3H3/t4-,7-,8+,9-,10-/m1/s1. The molecule has 1 aliphatic heterocycles. The molecule has 0 unspecified atom stereocenters. The summed E-state index contributed by atoms with van der Waals surface area (Å²) in [6.45, 7) is 3.65. The van der Waals surface area contributed by atoms with Gasteiger partial charge in [-0.1, -0.05) is 5.11 Å². The molecule has 12 nitrogen and oxygen atoms in total. The number of carbonyl (C=O) groups is 2. The minimum absolute atomic E-state index is 0.689. The van der Waals surface area contributed by atoms with Crippen LogP contribution in [0.2, 0.25) is 0 Å². The number of nitrogens with zero attached hydrogens (tertiary/aromatic N) is 4. The second kappa shape index (κ2) is 7.43. The lowest BCUT2D eigenvalue weighted by atomic mass is 9.97. The van der Waals surface area contributed by atoms with E-state index < -0.39 is 47.7 Å². The van der Waals surface area contributed by atoms with E-state index in [-0.39, 0.29) is 0 Å². The largest absolute Gasteiger partial charge is 0.458 e. The number of esters is 2. The average molecular weight is 318 g/mol. The second-order valence-corrected chi connectivity index (χ2v) is 4.38. The molecule has 0 aliphatic carbocycles. The Kier molecular flexibility index (Phi) is 5.90. The van der Waals surface area contributed by atoms with E-state index in [0.717, 1.165) is 13.8 Å². The number of hydrogen-bond donors (Lipinski definition) is 0. The van der Waals surface area contributed by atoms with Crippen molar-refractivity contribution < 1.29 is 33.7 Å². The first-order chi connectivity index (χ1) is 10.3. The Balaban J connectivity index is 3.16. The molecule has 12 heteroatoms. The first-order valence-electron chi connectivity index (χ1n) is 6.11. The van der Waals surface area contributed by atoms with Crippen molar-refractivity contribution in [2.75, 3.05) is 0 Å². The maximum atomic E-state index is 11.2. The summed E-state index contributed by atoms with van der Waals surface area (Å²) >= 11 is 0. The van der Waals surface area contributed by atoms with Gasteiger partial charge in [0.25, 0.3) is 5.09 Å². The van der Waals surface area contributed by atoms with Crippen LogP contribution in [-0.4, -0.2) is 47.7 Å². The summed E-state index contributed by atoms with van der Waals surface area (Å²) in [5, 5.41) is 12.7. The fourth-order valence-electron chi connectivity index (χ4n) is 2.02. The zero-order valence-electron chi connectivity index (χ0n) is 11.9. The van der Waals surface area contributed by atoms with E-state index in [1.807, 2.05) is 0 Å². The molecule has 0 radical (unpaired) electrons. The van der Waals surface area contributed by atoms with Gasteiger partial charge in [-0.3, -0.25) is 14.4 Å². The Morgan fingerprint density at radius 3 is 2.27 bits per heavy atom.